The molecule has 1 aromatic carbocycles. The summed E-state index contributed by atoms with van der Waals surface area (Å²) in [6.45, 7) is 6.60. The molecule has 0 spiro atoms. The number of benzene rings is 1. The van der Waals surface area contributed by atoms with Crippen molar-refractivity contribution in [3.8, 4) is 17.4 Å². The van der Waals surface area contributed by atoms with Crippen LogP contribution in [0.1, 0.15) is 18.3 Å². The Morgan fingerprint density at radius 2 is 2.00 bits per heavy atom. The van der Waals surface area contributed by atoms with Crippen LogP contribution in [0.15, 0.2) is 22.7 Å². The molecule has 5 nitrogen and oxygen atoms in total. The van der Waals surface area contributed by atoms with Crippen LogP contribution >= 0.6 is 15.9 Å². The number of aromatic nitrogens is 2. The minimum atomic E-state index is 0.546. The van der Waals surface area contributed by atoms with Gasteiger partial charge in [-0.1, -0.05) is 0 Å². The lowest BCUT2D eigenvalue weighted by atomic mass is 10.3. The lowest BCUT2D eigenvalue weighted by molar-refractivity contribution is 0.411. The fourth-order valence-corrected chi connectivity index (χ4v) is 2.28. The van der Waals surface area contributed by atoms with Crippen LogP contribution < -0.4 is 14.8 Å². The number of rotatable bonds is 5. The normalized spacial score (nSPS) is 10.3. The summed E-state index contributed by atoms with van der Waals surface area (Å²) in [6.07, 6.45) is 0. The van der Waals surface area contributed by atoms with E-state index in [1.54, 1.807) is 7.11 Å². The van der Waals surface area contributed by atoms with Gasteiger partial charge in [0.2, 0.25) is 5.88 Å². The van der Waals surface area contributed by atoms with Crippen molar-refractivity contribution in [2.24, 2.45) is 0 Å². The zero-order valence-electron chi connectivity index (χ0n) is 12.5. The average Bonchev–Trinajstić information content (AvgIpc) is 2.46. The van der Waals surface area contributed by atoms with Gasteiger partial charge in [0, 0.05) is 6.54 Å². The minimum absolute atomic E-state index is 0.546. The van der Waals surface area contributed by atoms with Gasteiger partial charge in [-0.25, -0.2) is 4.98 Å². The van der Waals surface area contributed by atoms with Crippen molar-refractivity contribution in [1.82, 2.24) is 9.97 Å². The molecular formula is C15H18BrN3O2. The molecule has 6 heteroatoms. The second-order valence-corrected chi connectivity index (χ2v) is 5.33. The Hall–Kier alpha value is -1.82. The Bertz CT molecular complexity index is 647. The maximum atomic E-state index is 5.91. The predicted octanol–water partition coefficient (Wildman–Crippen LogP) is 4.09. The predicted molar refractivity (Wildman–Crippen MR) is 86.4 cm³/mol. The van der Waals surface area contributed by atoms with Crippen LogP contribution in [0.25, 0.3) is 0 Å². The Labute approximate surface area is 132 Å². The first-order chi connectivity index (χ1) is 10.0. The van der Waals surface area contributed by atoms with E-state index < -0.39 is 0 Å². The monoisotopic (exact) mass is 351 g/mol. The van der Waals surface area contributed by atoms with Gasteiger partial charge in [-0.2, -0.15) is 4.98 Å². The van der Waals surface area contributed by atoms with E-state index in [1.165, 1.54) is 0 Å². The van der Waals surface area contributed by atoms with Crippen LogP contribution in [-0.4, -0.2) is 23.6 Å². The second kappa shape index (κ2) is 6.76. The molecule has 0 radical (unpaired) electrons. The Morgan fingerprint density at radius 1 is 1.24 bits per heavy atom. The van der Waals surface area contributed by atoms with Crippen molar-refractivity contribution >= 4 is 21.7 Å². The third kappa shape index (κ3) is 3.64. The fraction of sp³-hybridized carbons (Fsp3) is 0.333. The molecule has 0 saturated heterocycles. The molecule has 0 aliphatic rings. The lowest BCUT2D eigenvalue weighted by Crippen LogP contribution is -2.06. The summed E-state index contributed by atoms with van der Waals surface area (Å²) < 4.78 is 11.9. The number of methoxy groups -OCH3 is 1. The highest BCUT2D eigenvalue weighted by atomic mass is 79.9. The average molecular weight is 352 g/mol. The first kappa shape index (κ1) is 15.6. The van der Waals surface area contributed by atoms with Gasteiger partial charge in [0.15, 0.2) is 0 Å². The first-order valence-corrected chi connectivity index (χ1v) is 7.45. The Kier molecular flexibility index (Phi) is 5.01. The van der Waals surface area contributed by atoms with Gasteiger partial charge in [0.1, 0.15) is 23.1 Å². The zero-order chi connectivity index (χ0) is 15.4. The third-order valence-electron chi connectivity index (χ3n) is 2.90. The summed E-state index contributed by atoms with van der Waals surface area (Å²) >= 11 is 3.47. The third-order valence-corrected chi connectivity index (χ3v) is 3.52. The van der Waals surface area contributed by atoms with E-state index in [9.17, 15) is 0 Å². The number of aryl methyl sites for hydroxylation is 1. The number of halogens is 1. The van der Waals surface area contributed by atoms with Gasteiger partial charge in [-0.3, -0.25) is 0 Å². The summed E-state index contributed by atoms with van der Waals surface area (Å²) in [5.41, 5.74) is 0.880. The molecular weight excluding hydrogens is 334 g/mol. The van der Waals surface area contributed by atoms with Gasteiger partial charge in [0.05, 0.1) is 17.1 Å². The van der Waals surface area contributed by atoms with E-state index in [0.29, 0.717) is 17.5 Å². The molecule has 0 atom stereocenters. The molecule has 21 heavy (non-hydrogen) atoms. The van der Waals surface area contributed by atoms with Crippen LogP contribution in [0.3, 0.4) is 0 Å². The number of ether oxygens (including phenoxy) is 2. The summed E-state index contributed by atoms with van der Waals surface area (Å²) in [4.78, 5) is 8.75. The number of nitrogens with one attached hydrogen (secondary N) is 1. The Morgan fingerprint density at radius 3 is 2.62 bits per heavy atom. The summed E-state index contributed by atoms with van der Waals surface area (Å²) in [5, 5.41) is 3.21. The molecule has 0 bridgehead atoms. The standard InChI is InChI=1S/C15H18BrN3O2/c1-5-17-14-9(2)15(19-10(3)18-14)21-13-7-6-11(20-4)8-12(13)16/h6-8H,5H2,1-4H3,(H,17,18,19). The molecule has 0 aliphatic carbocycles. The maximum Gasteiger partial charge on any atom is 0.227 e. The topological polar surface area (TPSA) is 56.3 Å². The van der Waals surface area contributed by atoms with Gasteiger partial charge >= 0.3 is 0 Å². The number of nitrogens with zero attached hydrogens (tertiary/aromatic N) is 2. The van der Waals surface area contributed by atoms with Crippen molar-refractivity contribution in [2.75, 3.05) is 19.0 Å². The number of anilines is 1. The van der Waals surface area contributed by atoms with Crippen molar-refractivity contribution in [3.63, 3.8) is 0 Å². The highest BCUT2D eigenvalue weighted by Gasteiger charge is 2.12. The molecule has 1 heterocycles. The van der Waals surface area contributed by atoms with E-state index >= 15 is 0 Å². The largest absolute Gasteiger partial charge is 0.497 e. The van der Waals surface area contributed by atoms with Crippen LogP contribution in [0.5, 0.6) is 17.4 Å². The zero-order valence-corrected chi connectivity index (χ0v) is 14.1. The molecule has 1 N–H and O–H groups in total. The van der Waals surface area contributed by atoms with Crippen LogP contribution in [0.4, 0.5) is 5.82 Å². The molecule has 0 amide bonds. The number of hydrogen-bond acceptors (Lipinski definition) is 5. The highest BCUT2D eigenvalue weighted by molar-refractivity contribution is 9.10. The maximum absolute atomic E-state index is 5.91. The molecule has 0 fully saturated rings. The molecule has 1 aromatic heterocycles. The fourth-order valence-electron chi connectivity index (χ4n) is 1.84. The van der Waals surface area contributed by atoms with E-state index in [4.69, 9.17) is 9.47 Å². The summed E-state index contributed by atoms with van der Waals surface area (Å²) in [6, 6.07) is 5.53. The van der Waals surface area contributed by atoms with Crippen LogP contribution in [-0.2, 0) is 0 Å². The van der Waals surface area contributed by atoms with Gasteiger partial charge in [-0.05, 0) is 54.9 Å². The minimum Gasteiger partial charge on any atom is -0.497 e. The molecule has 0 saturated carbocycles. The number of hydrogen-bond donors (Lipinski definition) is 1. The lowest BCUT2D eigenvalue weighted by Gasteiger charge is -2.13. The van der Waals surface area contributed by atoms with Crippen molar-refractivity contribution < 1.29 is 9.47 Å². The van der Waals surface area contributed by atoms with Crippen molar-refractivity contribution in [1.29, 1.82) is 0 Å². The van der Waals surface area contributed by atoms with Crippen molar-refractivity contribution in [2.45, 2.75) is 20.8 Å². The molecule has 2 rings (SSSR count). The Balaban J connectivity index is 2.35. The molecule has 0 aliphatic heterocycles. The van der Waals surface area contributed by atoms with Gasteiger partial charge in [0.25, 0.3) is 0 Å². The second-order valence-electron chi connectivity index (χ2n) is 4.48. The van der Waals surface area contributed by atoms with E-state index in [0.717, 1.165) is 28.1 Å². The van der Waals surface area contributed by atoms with E-state index in [1.807, 2.05) is 39.0 Å². The van der Waals surface area contributed by atoms with E-state index in [2.05, 4.69) is 31.2 Å². The van der Waals surface area contributed by atoms with Gasteiger partial charge < -0.3 is 14.8 Å². The van der Waals surface area contributed by atoms with E-state index in [-0.39, 0.29) is 0 Å². The van der Waals surface area contributed by atoms with Crippen molar-refractivity contribution in [3.05, 3.63) is 34.1 Å². The first-order valence-electron chi connectivity index (χ1n) is 6.65. The van der Waals surface area contributed by atoms with Crippen LogP contribution in [0.2, 0.25) is 0 Å². The SMILES string of the molecule is CCNc1nc(C)nc(Oc2ccc(OC)cc2Br)c1C. The quantitative estimate of drug-likeness (QED) is 0.878. The summed E-state index contributed by atoms with van der Waals surface area (Å²) in [7, 11) is 1.63. The molecule has 112 valence electrons. The summed E-state index contributed by atoms with van der Waals surface area (Å²) in [5.74, 6) is 3.45. The van der Waals surface area contributed by atoms with Crippen LogP contribution in [0, 0.1) is 13.8 Å². The smallest absolute Gasteiger partial charge is 0.227 e. The van der Waals surface area contributed by atoms with Gasteiger partial charge in [-0.15, -0.1) is 0 Å². The molecule has 2 aromatic rings. The molecule has 0 unspecified atom stereocenters. The highest BCUT2D eigenvalue weighted by Crippen LogP contribution is 2.34.